The molecule has 5 heteroatoms. The Labute approximate surface area is 143 Å². The first-order valence-corrected chi connectivity index (χ1v) is 8.30. The van der Waals surface area contributed by atoms with E-state index >= 15 is 0 Å². The van der Waals surface area contributed by atoms with Crippen molar-refractivity contribution in [3.63, 3.8) is 0 Å². The molecule has 0 spiro atoms. The quantitative estimate of drug-likeness (QED) is 0.718. The molecule has 0 bridgehead atoms. The molecule has 0 aliphatic carbocycles. The van der Waals surface area contributed by atoms with E-state index in [4.69, 9.17) is 4.74 Å². The van der Waals surface area contributed by atoms with Crippen molar-refractivity contribution in [2.75, 3.05) is 19.0 Å². The van der Waals surface area contributed by atoms with E-state index in [-0.39, 0.29) is 5.91 Å². The number of carbonyl (C=O) groups is 1. The van der Waals surface area contributed by atoms with E-state index in [0.29, 0.717) is 17.9 Å². The van der Waals surface area contributed by atoms with E-state index in [2.05, 4.69) is 22.5 Å². The summed E-state index contributed by atoms with van der Waals surface area (Å²) < 4.78 is 5.36. The van der Waals surface area contributed by atoms with Gasteiger partial charge in [-0.15, -0.1) is 0 Å². The molecular weight excluding hydrogens is 302 g/mol. The molecule has 1 aromatic carbocycles. The van der Waals surface area contributed by atoms with Crippen molar-refractivity contribution >= 4 is 17.4 Å². The Morgan fingerprint density at radius 3 is 2.79 bits per heavy atom. The number of hydrogen-bond acceptors (Lipinski definition) is 4. The molecule has 0 aliphatic rings. The highest BCUT2D eigenvalue weighted by Gasteiger charge is 2.08. The lowest BCUT2D eigenvalue weighted by molar-refractivity contribution is 0.0953. The number of ether oxygens (including phenoxy) is 1. The van der Waals surface area contributed by atoms with Gasteiger partial charge in [-0.2, -0.15) is 0 Å². The van der Waals surface area contributed by atoms with Crippen LogP contribution in [-0.4, -0.2) is 24.5 Å². The first-order chi connectivity index (χ1) is 11.6. The molecule has 5 nitrogen and oxygen atoms in total. The highest BCUT2D eigenvalue weighted by atomic mass is 16.5. The van der Waals surface area contributed by atoms with Crippen LogP contribution in [0.1, 0.15) is 42.1 Å². The van der Waals surface area contributed by atoms with Gasteiger partial charge in [0.1, 0.15) is 11.6 Å². The summed E-state index contributed by atoms with van der Waals surface area (Å²) in [7, 11) is 1.63. The lowest BCUT2D eigenvalue weighted by Gasteiger charge is -2.12. The zero-order chi connectivity index (χ0) is 17.4. The van der Waals surface area contributed by atoms with Crippen LogP contribution in [0.15, 0.2) is 36.5 Å². The number of hydrogen-bond donors (Lipinski definition) is 2. The second kappa shape index (κ2) is 8.91. The standard InChI is InChI=1S/C19H25N3O2/c1-4-5-6-10-21-19(23)15-9-11-20-18(13-15)22-16-12-14(2)7-8-17(16)24-3/h7-9,11-13H,4-6,10H2,1-3H3,(H,20,22)(H,21,23). The maximum Gasteiger partial charge on any atom is 0.251 e. The molecule has 0 fully saturated rings. The molecule has 0 saturated carbocycles. The summed E-state index contributed by atoms with van der Waals surface area (Å²) in [6, 6.07) is 9.34. The molecule has 1 heterocycles. The predicted octanol–water partition coefficient (Wildman–Crippen LogP) is 4.06. The van der Waals surface area contributed by atoms with Crippen LogP contribution in [-0.2, 0) is 0 Å². The summed E-state index contributed by atoms with van der Waals surface area (Å²) in [4.78, 5) is 16.5. The van der Waals surface area contributed by atoms with Crippen LogP contribution in [0.25, 0.3) is 0 Å². The van der Waals surface area contributed by atoms with Gasteiger partial charge in [-0.3, -0.25) is 4.79 Å². The van der Waals surface area contributed by atoms with Crippen molar-refractivity contribution in [1.29, 1.82) is 0 Å². The number of aryl methyl sites for hydroxylation is 1. The molecule has 0 unspecified atom stereocenters. The van der Waals surface area contributed by atoms with Crippen LogP contribution < -0.4 is 15.4 Å². The average Bonchev–Trinajstić information content (AvgIpc) is 2.59. The molecule has 1 aromatic heterocycles. The summed E-state index contributed by atoms with van der Waals surface area (Å²) in [5.74, 6) is 1.27. The maximum absolute atomic E-state index is 12.2. The van der Waals surface area contributed by atoms with Crippen molar-refractivity contribution in [2.24, 2.45) is 0 Å². The minimum atomic E-state index is -0.0761. The third-order valence-corrected chi connectivity index (χ3v) is 3.71. The van der Waals surface area contributed by atoms with Crippen molar-refractivity contribution in [3.05, 3.63) is 47.7 Å². The van der Waals surface area contributed by atoms with E-state index < -0.39 is 0 Å². The van der Waals surface area contributed by atoms with Crippen molar-refractivity contribution in [1.82, 2.24) is 10.3 Å². The summed E-state index contributed by atoms with van der Waals surface area (Å²) >= 11 is 0. The van der Waals surface area contributed by atoms with Crippen molar-refractivity contribution < 1.29 is 9.53 Å². The fourth-order valence-electron chi connectivity index (χ4n) is 2.38. The number of anilines is 2. The normalized spacial score (nSPS) is 10.3. The van der Waals surface area contributed by atoms with Gasteiger partial charge in [0.2, 0.25) is 0 Å². The van der Waals surface area contributed by atoms with E-state index in [1.54, 1.807) is 25.4 Å². The summed E-state index contributed by atoms with van der Waals surface area (Å²) in [6.45, 7) is 4.85. The van der Waals surface area contributed by atoms with Crippen LogP contribution in [0, 0.1) is 6.92 Å². The number of pyridine rings is 1. The van der Waals surface area contributed by atoms with E-state index in [9.17, 15) is 4.79 Å². The second-order valence-corrected chi connectivity index (χ2v) is 5.72. The zero-order valence-electron chi connectivity index (χ0n) is 14.6. The first-order valence-electron chi connectivity index (χ1n) is 8.30. The number of carbonyl (C=O) groups excluding carboxylic acids is 1. The lowest BCUT2D eigenvalue weighted by Crippen LogP contribution is -2.24. The number of aromatic nitrogens is 1. The first kappa shape index (κ1) is 17.8. The molecule has 2 rings (SSSR count). The minimum Gasteiger partial charge on any atom is -0.495 e. The van der Waals surface area contributed by atoms with Crippen molar-refractivity contribution in [3.8, 4) is 5.75 Å². The van der Waals surface area contributed by atoms with Gasteiger partial charge in [0.15, 0.2) is 0 Å². The Morgan fingerprint density at radius 2 is 2.04 bits per heavy atom. The Bertz CT molecular complexity index is 686. The van der Waals surface area contributed by atoms with Gasteiger partial charge in [-0.05, 0) is 43.2 Å². The zero-order valence-corrected chi connectivity index (χ0v) is 14.6. The Hall–Kier alpha value is -2.56. The molecule has 0 saturated heterocycles. The molecule has 0 atom stereocenters. The van der Waals surface area contributed by atoms with E-state index in [1.807, 2.05) is 25.1 Å². The third-order valence-electron chi connectivity index (χ3n) is 3.71. The molecule has 2 N–H and O–H groups in total. The van der Waals surface area contributed by atoms with E-state index in [1.165, 1.54) is 0 Å². The van der Waals surface area contributed by atoms with Gasteiger partial charge in [-0.1, -0.05) is 25.8 Å². The number of methoxy groups -OCH3 is 1. The number of benzene rings is 1. The highest BCUT2D eigenvalue weighted by molar-refractivity contribution is 5.94. The van der Waals surface area contributed by atoms with Crippen molar-refractivity contribution in [2.45, 2.75) is 33.1 Å². The smallest absolute Gasteiger partial charge is 0.251 e. The molecular formula is C19H25N3O2. The summed E-state index contributed by atoms with van der Waals surface area (Å²) in [5, 5.41) is 6.16. The van der Waals surface area contributed by atoms with Gasteiger partial charge < -0.3 is 15.4 Å². The Balaban J connectivity index is 2.07. The Kier molecular flexibility index (Phi) is 6.61. The second-order valence-electron chi connectivity index (χ2n) is 5.72. The number of amides is 1. The molecule has 24 heavy (non-hydrogen) atoms. The molecule has 1 amide bonds. The summed E-state index contributed by atoms with van der Waals surface area (Å²) in [6.07, 6.45) is 4.89. The number of nitrogens with zero attached hydrogens (tertiary/aromatic N) is 1. The lowest BCUT2D eigenvalue weighted by atomic mass is 10.2. The topological polar surface area (TPSA) is 63.2 Å². The number of rotatable bonds is 8. The fraction of sp³-hybridized carbons (Fsp3) is 0.368. The maximum atomic E-state index is 12.2. The molecule has 2 aromatic rings. The predicted molar refractivity (Wildman–Crippen MR) is 97.1 cm³/mol. The number of nitrogens with one attached hydrogen (secondary N) is 2. The van der Waals surface area contributed by atoms with Gasteiger partial charge in [0.25, 0.3) is 5.91 Å². The number of unbranched alkanes of at least 4 members (excludes halogenated alkanes) is 2. The molecule has 0 radical (unpaired) electrons. The van der Waals surface area contributed by atoms with Gasteiger partial charge in [0.05, 0.1) is 12.8 Å². The average molecular weight is 327 g/mol. The highest BCUT2D eigenvalue weighted by Crippen LogP contribution is 2.28. The summed E-state index contributed by atoms with van der Waals surface area (Å²) in [5.41, 5.74) is 2.53. The largest absolute Gasteiger partial charge is 0.495 e. The fourth-order valence-corrected chi connectivity index (χ4v) is 2.38. The minimum absolute atomic E-state index is 0.0761. The monoisotopic (exact) mass is 327 g/mol. The van der Waals surface area contributed by atoms with Gasteiger partial charge in [0, 0.05) is 18.3 Å². The Morgan fingerprint density at radius 1 is 1.21 bits per heavy atom. The van der Waals surface area contributed by atoms with Crippen LogP contribution in [0.3, 0.4) is 0 Å². The molecule has 128 valence electrons. The van der Waals surface area contributed by atoms with Crippen LogP contribution in [0.4, 0.5) is 11.5 Å². The van der Waals surface area contributed by atoms with Gasteiger partial charge in [-0.25, -0.2) is 4.98 Å². The molecule has 0 aliphatic heterocycles. The third kappa shape index (κ3) is 4.98. The van der Waals surface area contributed by atoms with Crippen LogP contribution in [0.2, 0.25) is 0 Å². The van der Waals surface area contributed by atoms with E-state index in [0.717, 1.165) is 36.3 Å². The van der Waals surface area contributed by atoms with Crippen LogP contribution >= 0.6 is 0 Å². The van der Waals surface area contributed by atoms with Gasteiger partial charge >= 0.3 is 0 Å². The SMILES string of the molecule is CCCCCNC(=O)c1ccnc(Nc2cc(C)ccc2OC)c1. The van der Waals surface area contributed by atoms with Crippen LogP contribution in [0.5, 0.6) is 5.75 Å².